The summed E-state index contributed by atoms with van der Waals surface area (Å²) in [6, 6.07) is 0. The van der Waals surface area contributed by atoms with Gasteiger partial charge >= 0.3 is 35.7 Å². The van der Waals surface area contributed by atoms with E-state index in [4.69, 9.17) is 9.90 Å². The molecule has 7 nitrogen and oxygen atoms in total. The van der Waals surface area contributed by atoms with Crippen LogP contribution in [0.4, 0.5) is 13.2 Å². The van der Waals surface area contributed by atoms with E-state index >= 15 is 0 Å². The predicted molar refractivity (Wildman–Crippen MR) is 45.1 cm³/mol. The van der Waals surface area contributed by atoms with Crippen LogP contribution in [-0.2, 0) is 11.0 Å². The summed E-state index contributed by atoms with van der Waals surface area (Å²) in [5, 5.41) is 8.89. The molecule has 1 rings (SSSR count). The Bertz CT molecular complexity index is 263. The minimum atomic E-state index is -4.30. The number of H-pyrrole nitrogens is 1. The van der Waals surface area contributed by atoms with Crippen LogP contribution < -0.4 is 34.7 Å². The first-order valence-electron chi connectivity index (χ1n) is 3.07. The Morgan fingerprint density at radius 1 is 1.35 bits per heavy atom. The number of carboxylic acid groups (broad SMARTS) is 1. The Labute approximate surface area is 116 Å². The first-order valence-corrected chi connectivity index (χ1v) is 3.07. The minimum absolute atomic E-state index is 0. The molecule has 0 unspecified atom stereocenters. The molecule has 0 radical (unpaired) electrons. The molecule has 0 aliphatic carbocycles. The normalized spacial score (nSPS) is 7.76. The minimum Gasteiger partial charge on any atom is -0.550 e. The van der Waals surface area contributed by atoms with Crippen molar-refractivity contribution >= 4 is 5.97 Å². The Morgan fingerprint density at radius 3 is 1.82 bits per heavy atom. The molecule has 0 saturated carbocycles. The topological polar surface area (TPSA) is 163 Å². The number of hydrogen-bond donors (Lipinski definition) is 1. The van der Waals surface area contributed by atoms with Crippen LogP contribution in [0.15, 0.2) is 12.5 Å². The van der Waals surface area contributed by atoms with E-state index in [-0.39, 0.29) is 46.0 Å². The number of carboxylic acids is 1. The Balaban J connectivity index is -0.0000000542. The average Bonchev–Trinajstić information content (AvgIpc) is 2.31. The predicted octanol–water partition coefficient (Wildman–Crippen LogP) is -5.29. The third kappa shape index (κ3) is 17.9. The summed E-state index contributed by atoms with van der Waals surface area (Å²) in [6.45, 7) is 0.972. The maximum Gasteiger partial charge on any atom is 1.00 e. The van der Waals surface area contributed by atoms with Crippen LogP contribution in [0.1, 0.15) is 12.6 Å². The Hall–Kier alpha value is -0.650. The van der Waals surface area contributed by atoms with Crippen molar-refractivity contribution in [1.82, 2.24) is 9.97 Å². The molecule has 98 valence electrons. The van der Waals surface area contributed by atoms with E-state index in [2.05, 4.69) is 4.98 Å². The summed E-state index contributed by atoms with van der Waals surface area (Å²) in [4.78, 5) is 14.0. The van der Waals surface area contributed by atoms with Crippen molar-refractivity contribution in [2.75, 3.05) is 0 Å². The van der Waals surface area contributed by atoms with E-state index < -0.39 is 17.8 Å². The van der Waals surface area contributed by atoms with Crippen molar-refractivity contribution in [3.8, 4) is 0 Å². The van der Waals surface area contributed by atoms with E-state index in [1.807, 2.05) is 4.98 Å². The van der Waals surface area contributed by atoms with Crippen LogP contribution in [0.5, 0.6) is 0 Å². The quantitative estimate of drug-likeness (QED) is 0.467. The van der Waals surface area contributed by atoms with Gasteiger partial charge < -0.3 is 31.3 Å². The molecule has 7 N–H and O–H groups in total. The Kier molecular flexibility index (Phi) is 23.6. The second-order valence-electron chi connectivity index (χ2n) is 1.95. The van der Waals surface area contributed by atoms with Crippen molar-refractivity contribution in [2.24, 2.45) is 0 Å². The number of aromatic nitrogens is 2. The van der Waals surface area contributed by atoms with Gasteiger partial charge in [-0.05, 0) is 6.92 Å². The number of carbonyl (C=O) groups is 1. The molecule has 0 spiro atoms. The molecule has 0 bridgehead atoms. The summed E-state index contributed by atoms with van der Waals surface area (Å²) in [5.74, 6) is -1.08. The van der Waals surface area contributed by atoms with Gasteiger partial charge in [-0.15, -0.1) is 0 Å². The molecule has 1 heterocycles. The number of hydrogen-bond acceptors (Lipinski definition) is 3. The van der Waals surface area contributed by atoms with E-state index in [1.165, 1.54) is 0 Å². The summed E-state index contributed by atoms with van der Waals surface area (Å²) in [6.07, 6.45) is -2.57. The van der Waals surface area contributed by atoms with Gasteiger partial charge in [-0.1, -0.05) is 0 Å². The molecule has 17 heavy (non-hydrogen) atoms. The van der Waals surface area contributed by atoms with Crippen LogP contribution in [0.3, 0.4) is 0 Å². The molecule has 0 atom stereocenters. The van der Waals surface area contributed by atoms with Crippen molar-refractivity contribution in [1.29, 1.82) is 0 Å². The molecule has 1 aromatic heterocycles. The molecule has 1 aromatic rings. The fourth-order valence-corrected chi connectivity index (χ4v) is 0.411. The van der Waals surface area contributed by atoms with Crippen molar-refractivity contribution in [3.63, 3.8) is 0 Å². The second kappa shape index (κ2) is 13.4. The molecule has 0 saturated heterocycles. The van der Waals surface area contributed by atoms with Gasteiger partial charge in [-0.3, -0.25) is 0 Å². The van der Waals surface area contributed by atoms with Gasteiger partial charge in [-0.2, -0.15) is 13.2 Å². The molecule has 11 heteroatoms. The van der Waals surface area contributed by atoms with E-state index in [9.17, 15) is 13.2 Å². The van der Waals surface area contributed by atoms with Crippen LogP contribution in [0.2, 0.25) is 0 Å². The Morgan fingerprint density at radius 2 is 1.71 bits per heavy atom. The maximum absolute atomic E-state index is 11.5. The number of aromatic amines is 1. The molecule has 0 aromatic carbocycles. The summed E-state index contributed by atoms with van der Waals surface area (Å²) >= 11 is 0. The van der Waals surface area contributed by atoms with Gasteiger partial charge in [0.25, 0.3) is 0 Å². The number of nitrogens with one attached hydrogen (secondary N) is 1. The van der Waals surface area contributed by atoms with E-state index in [0.29, 0.717) is 0 Å². The van der Waals surface area contributed by atoms with Crippen LogP contribution in [-0.4, -0.2) is 32.4 Å². The molecule has 0 aliphatic rings. The van der Waals surface area contributed by atoms with Gasteiger partial charge in [0, 0.05) is 5.97 Å². The fourth-order valence-electron chi connectivity index (χ4n) is 0.411. The molecule has 0 aliphatic heterocycles. The van der Waals surface area contributed by atoms with Gasteiger partial charge in [0.15, 0.2) is 0 Å². The number of halogens is 3. The molecule has 0 amide bonds. The molecule has 0 fully saturated rings. The maximum atomic E-state index is 11.5. The van der Waals surface area contributed by atoms with Crippen LogP contribution >= 0.6 is 0 Å². The SMILES string of the molecule is CC(=O)[O-].FC(F)(F)c1cnc[nH]1.O.O.O.[Na+]. The second-order valence-corrected chi connectivity index (χ2v) is 1.95. The first kappa shape index (κ1) is 29.9. The smallest absolute Gasteiger partial charge is 0.550 e. The van der Waals surface area contributed by atoms with Gasteiger partial charge in [0.2, 0.25) is 0 Å². The summed E-state index contributed by atoms with van der Waals surface area (Å²) < 4.78 is 34.6. The van der Waals surface area contributed by atoms with E-state index in [0.717, 1.165) is 19.4 Å². The third-order valence-corrected chi connectivity index (χ3v) is 0.804. The van der Waals surface area contributed by atoms with Crippen molar-refractivity contribution < 1.29 is 69.1 Å². The molecular weight excluding hydrogens is 260 g/mol. The van der Waals surface area contributed by atoms with Crippen LogP contribution in [0, 0.1) is 0 Å². The fraction of sp³-hybridized carbons (Fsp3) is 0.333. The van der Waals surface area contributed by atoms with Gasteiger partial charge in [-0.25, -0.2) is 4.98 Å². The van der Waals surface area contributed by atoms with Crippen molar-refractivity contribution in [3.05, 3.63) is 18.2 Å². The largest absolute Gasteiger partial charge is 1.00 e. The summed E-state index contributed by atoms with van der Waals surface area (Å²) in [5.41, 5.74) is -0.817. The molecular formula is C6H12F3N2NaO5. The average molecular weight is 272 g/mol. The zero-order valence-electron chi connectivity index (χ0n) is 9.05. The number of rotatable bonds is 0. The third-order valence-electron chi connectivity index (χ3n) is 0.804. The summed E-state index contributed by atoms with van der Waals surface area (Å²) in [7, 11) is 0. The zero-order valence-corrected chi connectivity index (χ0v) is 11.1. The number of carbonyl (C=O) groups excluding carboxylic acids is 1. The standard InChI is InChI=1S/C4H3F3N2.C2H4O2.Na.3H2O/c5-4(6,7)3-1-8-2-9-3;1-2(3)4;;;;/h1-2H,(H,8,9);1H3,(H,3,4);;3*1H2/q;;+1;;;/p-1. The number of imidazole rings is 1. The van der Waals surface area contributed by atoms with Crippen molar-refractivity contribution in [2.45, 2.75) is 13.1 Å². The number of aliphatic carboxylic acids is 1. The van der Waals surface area contributed by atoms with Gasteiger partial charge in [0.1, 0.15) is 5.69 Å². The zero-order chi connectivity index (χ0) is 10.5. The van der Waals surface area contributed by atoms with Gasteiger partial charge in [0.05, 0.1) is 12.5 Å². The van der Waals surface area contributed by atoms with E-state index in [1.54, 1.807) is 0 Å². The first-order chi connectivity index (χ1) is 5.84. The monoisotopic (exact) mass is 272 g/mol. The number of nitrogens with zero attached hydrogens (tertiary/aromatic N) is 1. The number of alkyl halides is 3. The van der Waals surface area contributed by atoms with Crippen LogP contribution in [0.25, 0.3) is 0 Å².